The number of oxazole rings is 1. The highest BCUT2D eigenvalue weighted by Crippen LogP contribution is 2.35. The molecular weight excluding hydrogens is 426 g/mol. The molecule has 1 aliphatic heterocycles. The van der Waals surface area contributed by atoms with E-state index in [-0.39, 0.29) is 11.8 Å². The van der Waals surface area contributed by atoms with E-state index in [1.165, 1.54) is 24.9 Å². The van der Waals surface area contributed by atoms with E-state index in [2.05, 4.69) is 39.2 Å². The number of piperidine rings is 1. The van der Waals surface area contributed by atoms with E-state index < -0.39 is 0 Å². The molecule has 1 saturated carbocycles. The fourth-order valence-corrected chi connectivity index (χ4v) is 5.01. The molecule has 0 unspecified atom stereocenters. The summed E-state index contributed by atoms with van der Waals surface area (Å²) in [7, 11) is 0. The second-order valence-corrected chi connectivity index (χ2v) is 9.61. The fourth-order valence-electron chi connectivity index (χ4n) is 5.01. The summed E-state index contributed by atoms with van der Waals surface area (Å²) < 4.78 is 6.19. The summed E-state index contributed by atoms with van der Waals surface area (Å²) in [6.45, 7) is 7.57. The van der Waals surface area contributed by atoms with E-state index in [4.69, 9.17) is 9.40 Å². The number of likely N-dealkylation sites (N-methyl/N-ethyl adjacent to an activating group) is 1. The zero-order valence-corrected chi connectivity index (χ0v) is 19.7. The number of benzene rings is 1. The van der Waals surface area contributed by atoms with Gasteiger partial charge >= 0.3 is 0 Å². The summed E-state index contributed by atoms with van der Waals surface area (Å²) in [4.78, 5) is 28.6. The Kier molecular flexibility index (Phi) is 5.29. The number of carbonyl (C=O) groups is 1. The van der Waals surface area contributed by atoms with Crippen molar-refractivity contribution >= 4 is 33.6 Å². The van der Waals surface area contributed by atoms with Gasteiger partial charge in [0.15, 0.2) is 5.58 Å². The van der Waals surface area contributed by atoms with Crippen LogP contribution < -0.4 is 5.32 Å². The number of amides is 1. The number of aromatic nitrogens is 3. The first-order chi connectivity index (χ1) is 16.6. The summed E-state index contributed by atoms with van der Waals surface area (Å²) in [5.41, 5.74) is 4.64. The van der Waals surface area contributed by atoms with Gasteiger partial charge in [-0.05, 0) is 75.4 Å². The molecule has 4 heterocycles. The van der Waals surface area contributed by atoms with Gasteiger partial charge in [0.2, 0.25) is 11.8 Å². The molecule has 34 heavy (non-hydrogen) atoms. The highest BCUT2D eigenvalue weighted by molar-refractivity contribution is 6.00. The van der Waals surface area contributed by atoms with Gasteiger partial charge < -0.3 is 14.6 Å². The van der Waals surface area contributed by atoms with Crippen molar-refractivity contribution in [3.8, 4) is 11.5 Å². The second-order valence-electron chi connectivity index (χ2n) is 9.61. The Labute approximate surface area is 198 Å². The van der Waals surface area contributed by atoms with Crippen LogP contribution in [-0.2, 0) is 4.79 Å². The van der Waals surface area contributed by atoms with Gasteiger partial charge in [-0.3, -0.25) is 9.78 Å². The molecule has 2 fully saturated rings. The molecule has 174 valence electrons. The second kappa shape index (κ2) is 8.47. The Hall–Kier alpha value is -3.32. The normalized spacial score (nSPS) is 19.1. The van der Waals surface area contributed by atoms with E-state index in [1.807, 2.05) is 19.1 Å². The molecule has 1 aromatic carbocycles. The summed E-state index contributed by atoms with van der Waals surface area (Å²) >= 11 is 0. The number of rotatable bonds is 5. The number of likely N-dealkylation sites (tertiary alicyclic amines) is 1. The molecule has 0 spiro atoms. The number of hydrogen-bond donors (Lipinski definition) is 1. The van der Waals surface area contributed by atoms with Crippen LogP contribution in [0.3, 0.4) is 0 Å². The van der Waals surface area contributed by atoms with E-state index >= 15 is 0 Å². The lowest BCUT2D eigenvalue weighted by Crippen LogP contribution is -2.34. The predicted octanol–water partition coefficient (Wildman–Crippen LogP) is 5.29. The SMILES string of the molecule is CCN1CCC[C@@H](c2ccc3oc(-c4cnc(C)c5cnc(NC(=O)C6CC6)cc45)nc3c2)C1. The lowest BCUT2D eigenvalue weighted by atomic mass is 9.90. The molecule has 1 atom stereocenters. The molecule has 1 amide bonds. The smallest absolute Gasteiger partial charge is 0.229 e. The lowest BCUT2D eigenvalue weighted by molar-refractivity contribution is -0.117. The van der Waals surface area contributed by atoms with Crippen molar-refractivity contribution in [2.45, 2.75) is 45.4 Å². The largest absolute Gasteiger partial charge is 0.436 e. The van der Waals surface area contributed by atoms with Crippen LogP contribution in [0.1, 0.15) is 49.8 Å². The fraction of sp³-hybridized carbons (Fsp3) is 0.407. The highest BCUT2D eigenvalue weighted by atomic mass is 16.3. The third-order valence-electron chi connectivity index (χ3n) is 7.24. The molecule has 7 heteroatoms. The van der Waals surface area contributed by atoms with Crippen LogP contribution in [0.2, 0.25) is 0 Å². The van der Waals surface area contributed by atoms with Crippen LogP contribution in [0.4, 0.5) is 5.82 Å². The number of nitrogens with zero attached hydrogens (tertiary/aromatic N) is 4. The van der Waals surface area contributed by atoms with E-state index in [0.29, 0.717) is 17.6 Å². The average molecular weight is 456 g/mol. The number of hydrogen-bond acceptors (Lipinski definition) is 6. The molecule has 7 nitrogen and oxygen atoms in total. The van der Waals surface area contributed by atoms with Crippen LogP contribution in [-0.4, -0.2) is 45.4 Å². The molecule has 1 N–H and O–H groups in total. The Bertz CT molecular complexity index is 1390. The first-order valence-corrected chi connectivity index (χ1v) is 12.3. The quantitative estimate of drug-likeness (QED) is 0.440. The molecule has 1 saturated heterocycles. The Balaban J connectivity index is 1.37. The van der Waals surface area contributed by atoms with Crippen molar-refractivity contribution in [1.82, 2.24) is 19.9 Å². The predicted molar refractivity (Wildman–Crippen MR) is 133 cm³/mol. The number of carbonyl (C=O) groups excluding carboxylic acids is 1. The molecular formula is C27H29N5O2. The van der Waals surface area contributed by atoms with Crippen LogP contribution in [0.5, 0.6) is 0 Å². The van der Waals surface area contributed by atoms with Crippen LogP contribution in [0, 0.1) is 12.8 Å². The maximum Gasteiger partial charge on any atom is 0.229 e. The summed E-state index contributed by atoms with van der Waals surface area (Å²) in [5.74, 6) is 1.78. The van der Waals surface area contributed by atoms with E-state index in [9.17, 15) is 4.79 Å². The van der Waals surface area contributed by atoms with Crippen molar-refractivity contribution in [3.63, 3.8) is 0 Å². The third-order valence-corrected chi connectivity index (χ3v) is 7.24. The van der Waals surface area contributed by atoms with Gasteiger partial charge in [-0.25, -0.2) is 9.97 Å². The number of fused-ring (bicyclic) bond motifs is 2. The molecule has 4 aromatic rings. The number of anilines is 1. The van der Waals surface area contributed by atoms with Gasteiger partial charge in [0.05, 0.1) is 5.56 Å². The summed E-state index contributed by atoms with van der Waals surface area (Å²) in [6, 6.07) is 8.31. The molecule has 0 radical (unpaired) electrons. The minimum absolute atomic E-state index is 0.0397. The van der Waals surface area contributed by atoms with Crippen molar-refractivity contribution in [3.05, 3.63) is 47.9 Å². The molecule has 0 bridgehead atoms. The Morgan fingerprint density at radius 1 is 1.15 bits per heavy atom. The number of nitrogens with one attached hydrogen (secondary N) is 1. The van der Waals surface area contributed by atoms with Gasteiger partial charge in [-0.2, -0.15) is 0 Å². The minimum Gasteiger partial charge on any atom is -0.436 e. The first-order valence-electron chi connectivity index (χ1n) is 12.3. The van der Waals surface area contributed by atoms with Gasteiger partial charge in [0.25, 0.3) is 0 Å². The van der Waals surface area contributed by atoms with Crippen molar-refractivity contribution in [2.24, 2.45) is 5.92 Å². The molecule has 3 aromatic heterocycles. The molecule has 1 aliphatic carbocycles. The van der Waals surface area contributed by atoms with E-state index in [1.54, 1.807) is 12.4 Å². The van der Waals surface area contributed by atoms with Crippen LogP contribution in [0.25, 0.3) is 33.3 Å². The van der Waals surface area contributed by atoms with Crippen LogP contribution in [0.15, 0.2) is 41.1 Å². The molecule has 6 rings (SSSR count). The zero-order chi connectivity index (χ0) is 23.2. The highest BCUT2D eigenvalue weighted by Gasteiger charge is 2.30. The summed E-state index contributed by atoms with van der Waals surface area (Å²) in [5, 5.41) is 4.79. The average Bonchev–Trinajstić information content (AvgIpc) is 3.63. The lowest BCUT2D eigenvalue weighted by Gasteiger charge is -2.32. The minimum atomic E-state index is 0.0397. The van der Waals surface area contributed by atoms with Gasteiger partial charge in [-0.1, -0.05) is 13.0 Å². The zero-order valence-electron chi connectivity index (χ0n) is 19.7. The van der Waals surface area contributed by atoms with Crippen molar-refractivity contribution in [1.29, 1.82) is 0 Å². The van der Waals surface area contributed by atoms with Gasteiger partial charge in [0.1, 0.15) is 11.3 Å². The maximum atomic E-state index is 12.3. The van der Waals surface area contributed by atoms with E-state index in [0.717, 1.165) is 59.1 Å². The first kappa shape index (κ1) is 21.2. The van der Waals surface area contributed by atoms with Gasteiger partial charge in [0, 0.05) is 41.3 Å². The van der Waals surface area contributed by atoms with Crippen LogP contribution >= 0.6 is 0 Å². The van der Waals surface area contributed by atoms with Crippen molar-refractivity contribution < 1.29 is 9.21 Å². The number of aryl methyl sites for hydroxylation is 1. The Morgan fingerprint density at radius 2 is 2.03 bits per heavy atom. The molecule has 2 aliphatic rings. The van der Waals surface area contributed by atoms with Crippen molar-refractivity contribution in [2.75, 3.05) is 25.0 Å². The standard InChI is InChI=1S/C27H29N5O2/c1-3-32-10-4-5-19(15-32)18-8-9-24-23(11-18)30-27(34-24)22-14-28-16(2)21-13-29-25(12-20(21)22)31-26(33)17-6-7-17/h8-9,11-14,17,19H,3-7,10,15H2,1-2H3,(H,29,31,33)/t19-/m1/s1. The topological polar surface area (TPSA) is 84.2 Å². The van der Waals surface area contributed by atoms with Gasteiger partial charge in [-0.15, -0.1) is 0 Å². The summed E-state index contributed by atoms with van der Waals surface area (Å²) in [6.07, 6.45) is 7.92. The monoisotopic (exact) mass is 455 g/mol. The maximum absolute atomic E-state index is 12.3. The third kappa shape index (κ3) is 3.94. The number of pyridine rings is 2. The Morgan fingerprint density at radius 3 is 2.85 bits per heavy atom.